The summed E-state index contributed by atoms with van der Waals surface area (Å²) in [5.41, 5.74) is 1.32. The Morgan fingerprint density at radius 3 is 2.73 bits per heavy atom. The number of hydrogen-bond donors (Lipinski definition) is 1. The molecule has 1 aliphatic heterocycles. The second kappa shape index (κ2) is 9.74. The average molecular weight is 470 g/mol. The second-order valence-corrected chi connectivity index (χ2v) is 9.80. The Morgan fingerprint density at radius 1 is 1.27 bits per heavy atom. The molecule has 1 saturated heterocycles. The molecule has 1 aliphatic rings. The third-order valence-corrected chi connectivity index (χ3v) is 6.42. The summed E-state index contributed by atoms with van der Waals surface area (Å²) in [4.78, 5) is 35.2. The highest BCUT2D eigenvalue weighted by Crippen LogP contribution is 2.30. The molecule has 0 aliphatic carbocycles. The summed E-state index contributed by atoms with van der Waals surface area (Å²) in [6.07, 6.45) is 4.09. The number of nitro groups is 1. The van der Waals surface area contributed by atoms with E-state index < -0.39 is 4.92 Å². The fourth-order valence-corrected chi connectivity index (χ4v) is 4.66. The summed E-state index contributed by atoms with van der Waals surface area (Å²) < 4.78 is 1.78. The van der Waals surface area contributed by atoms with Crippen LogP contribution in [0.5, 0.6) is 0 Å². The van der Waals surface area contributed by atoms with Crippen molar-refractivity contribution in [3.8, 4) is 0 Å². The lowest BCUT2D eigenvalue weighted by Crippen LogP contribution is -2.28. The van der Waals surface area contributed by atoms with E-state index in [9.17, 15) is 14.9 Å². The van der Waals surface area contributed by atoms with Crippen molar-refractivity contribution in [2.75, 3.05) is 24.5 Å². The molecule has 3 heterocycles. The summed E-state index contributed by atoms with van der Waals surface area (Å²) >= 11 is 1.61. The molecule has 0 unspecified atom stereocenters. The van der Waals surface area contributed by atoms with Gasteiger partial charge in [0.2, 0.25) is 0 Å². The Balaban J connectivity index is 1.53. The fourth-order valence-electron chi connectivity index (χ4n) is 3.96. The largest absolute Gasteiger partial charge is 0.356 e. The molecule has 0 atom stereocenters. The van der Waals surface area contributed by atoms with Crippen molar-refractivity contribution in [2.45, 2.75) is 50.6 Å². The highest BCUT2D eigenvalue weighted by molar-refractivity contribution is 7.99. The number of aromatic nitrogens is 4. The number of hydrogen-bond acceptors (Lipinski definition) is 8. The molecule has 1 amide bonds. The maximum atomic E-state index is 12.6. The third kappa shape index (κ3) is 4.92. The molecule has 3 aromatic rings. The lowest BCUT2D eigenvalue weighted by molar-refractivity contribution is -0.385. The summed E-state index contributed by atoms with van der Waals surface area (Å²) in [5, 5.41) is 20.5. The highest BCUT2D eigenvalue weighted by atomic mass is 32.2. The Kier molecular flexibility index (Phi) is 6.77. The van der Waals surface area contributed by atoms with E-state index in [1.165, 1.54) is 12.1 Å². The van der Waals surface area contributed by atoms with Crippen molar-refractivity contribution in [3.05, 3.63) is 45.6 Å². The van der Waals surface area contributed by atoms with Crippen LogP contribution >= 0.6 is 11.8 Å². The van der Waals surface area contributed by atoms with Gasteiger partial charge in [0, 0.05) is 42.1 Å². The SMILES string of the molecule is Cc1c(C(=O)NCCn2ncc3c(N4CCCC4)nc(SC(C)C)nc32)cccc1[N+](=O)[O-]. The van der Waals surface area contributed by atoms with E-state index in [0.717, 1.165) is 47.9 Å². The number of rotatable bonds is 8. The predicted octanol–water partition coefficient (Wildman–Crippen LogP) is 3.57. The van der Waals surface area contributed by atoms with Crippen LogP contribution < -0.4 is 10.2 Å². The van der Waals surface area contributed by atoms with Crippen molar-refractivity contribution < 1.29 is 9.72 Å². The van der Waals surface area contributed by atoms with E-state index in [2.05, 4.69) is 29.2 Å². The number of fused-ring (bicyclic) bond motifs is 1. The van der Waals surface area contributed by atoms with E-state index in [0.29, 0.717) is 29.5 Å². The smallest absolute Gasteiger partial charge is 0.273 e. The van der Waals surface area contributed by atoms with Gasteiger partial charge in [-0.25, -0.2) is 14.6 Å². The zero-order chi connectivity index (χ0) is 23.5. The van der Waals surface area contributed by atoms with Crippen LogP contribution in [0.15, 0.2) is 29.6 Å². The topological polar surface area (TPSA) is 119 Å². The zero-order valence-electron chi connectivity index (χ0n) is 18.9. The van der Waals surface area contributed by atoms with E-state index in [1.54, 1.807) is 35.6 Å². The first-order valence-corrected chi connectivity index (χ1v) is 11.9. The molecule has 0 spiro atoms. The Labute approximate surface area is 195 Å². The molecule has 1 N–H and O–H groups in total. The van der Waals surface area contributed by atoms with Gasteiger partial charge in [0.1, 0.15) is 5.82 Å². The minimum absolute atomic E-state index is 0.0676. The first-order chi connectivity index (χ1) is 15.8. The molecule has 11 heteroatoms. The van der Waals surface area contributed by atoms with Crippen molar-refractivity contribution in [2.24, 2.45) is 0 Å². The first-order valence-electron chi connectivity index (χ1n) is 11.0. The van der Waals surface area contributed by atoms with E-state index in [-0.39, 0.29) is 11.6 Å². The number of carbonyl (C=O) groups excluding carboxylic acids is 1. The monoisotopic (exact) mass is 469 g/mol. The molecule has 0 bridgehead atoms. The molecule has 33 heavy (non-hydrogen) atoms. The summed E-state index contributed by atoms with van der Waals surface area (Å²) in [6, 6.07) is 4.50. The number of thioether (sulfide) groups is 1. The molecule has 4 rings (SSSR count). The lowest BCUT2D eigenvalue weighted by atomic mass is 10.1. The van der Waals surface area contributed by atoms with Crippen molar-refractivity contribution >= 4 is 40.2 Å². The van der Waals surface area contributed by atoms with Gasteiger partial charge in [-0.1, -0.05) is 31.7 Å². The van der Waals surface area contributed by atoms with Crippen LogP contribution in [0.1, 0.15) is 42.6 Å². The van der Waals surface area contributed by atoms with Crippen LogP contribution in [0.3, 0.4) is 0 Å². The Morgan fingerprint density at radius 2 is 2.03 bits per heavy atom. The number of nitro benzene ring substituents is 1. The van der Waals surface area contributed by atoms with Gasteiger partial charge in [-0.2, -0.15) is 5.10 Å². The number of carbonyl (C=O) groups is 1. The number of nitrogens with one attached hydrogen (secondary N) is 1. The molecule has 1 fully saturated rings. The standard InChI is InChI=1S/C22H27N7O3S/c1-14(2)33-22-25-19(27-10-4-5-11-27)17-13-24-28(20(17)26-22)12-9-23-21(30)16-7-6-8-18(15(16)3)29(31)32/h6-8,13-14H,4-5,9-12H2,1-3H3,(H,23,30). The fraction of sp³-hybridized carbons (Fsp3) is 0.455. The van der Waals surface area contributed by atoms with Crippen LogP contribution in [0.25, 0.3) is 11.0 Å². The normalized spacial score (nSPS) is 13.8. The predicted molar refractivity (Wildman–Crippen MR) is 128 cm³/mol. The van der Waals surface area contributed by atoms with Gasteiger partial charge in [0.15, 0.2) is 10.8 Å². The molecular weight excluding hydrogens is 442 g/mol. The number of benzene rings is 1. The molecule has 2 aromatic heterocycles. The average Bonchev–Trinajstić information content (AvgIpc) is 3.43. The lowest BCUT2D eigenvalue weighted by Gasteiger charge is -2.18. The molecular formula is C22H27N7O3S. The molecule has 10 nitrogen and oxygen atoms in total. The van der Waals surface area contributed by atoms with Crippen LogP contribution in [0.4, 0.5) is 11.5 Å². The number of anilines is 1. The number of amides is 1. The van der Waals surface area contributed by atoms with Gasteiger partial charge in [-0.3, -0.25) is 14.9 Å². The van der Waals surface area contributed by atoms with E-state index in [1.807, 2.05) is 0 Å². The van der Waals surface area contributed by atoms with Crippen molar-refractivity contribution in [3.63, 3.8) is 0 Å². The summed E-state index contributed by atoms with van der Waals surface area (Å²) in [5.74, 6) is 0.569. The van der Waals surface area contributed by atoms with Crippen LogP contribution in [-0.4, -0.2) is 55.5 Å². The summed E-state index contributed by atoms with van der Waals surface area (Å²) in [7, 11) is 0. The number of nitrogens with zero attached hydrogens (tertiary/aromatic N) is 6. The highest BCUT2D eigenvalue weighted by Gasteiger charge is 2.22. The third-order valence-electron chi connectivity index (χ3n) is 5.56. The first kappa shape index (κ1) is 23.0. The summed E-state index contributed by atoms with van der Waals surface area (Å²) in [6.45, 7) is 8.48. The van der Waals surface area contributed by atoms with Gasteiger partial charge >= 0.3 is 0 Å². The van der Waals surface area contributed by atoms with Gasteiger partial charge in [0.25, 0.3) is 11.6 Å². The Bertz CT molecular complexity index is 1190. The Hall–Kier alpha value is -3.21. The van der Waals surface area contributed by atoms with Gasteiger partial charge < -0.3 is 10.2 Å². The minimum atomic E-state index is -0.480. The van der Waals surface area contributed by atoms with Crippen molar-refractivity contribution in [1.82, 2.24) is 25.1 Å². The zero-order valence-corrected chi connectivity index (χ0v) is 19.8. The van der Waals surface area contributed by atoms with E-state index in [4.69, 9.17) is 9.97 Å². The molecule has 0 saturated carbocycles. The molecule has 1 aromatic carbocycles. The minimum Gasteiger partial charge on any atom is -0.356 e. The van der Waals surface area contributed by atoms with Gasteiger partial charge in [0.05, 0.1) is 23.1 Å². The van der Waals surface area contributed by atoms with Crippen molar-refractivity contribution in [1.29, 1.82) is 0 Å². The molecule has 0 radical (unpaired) electrons. The van der Waals surface area contributed by atoms with Gasteiger partial charge in [-0.15, -0.1) is 0 Å². The molecule has 174 valence electrons. The van der Waals surface area contributed by atoms with Gasteiger partial charge in [-0.05, 0) is 25.8 Å². The second-order valence-electron chi connectivity index (χ2n) is 8.26. The van der Waals surface area contributed by atoms with Crippen LogP contribution in [-0.2, 0) is 6.54 Å². The van der Waals surface area contributed by atoms with Crippen LogP contribution in [0, 0.1) is 17.0 Å². The quantitative estimate of drug-likeness (QED) is 0.230. The maximum Gasteiger partial charge on any atom is 0.273 e. The van der Waals surface area contributed by atoms with E-state index >= 15 is 0 Å². The van der Waals surface area contributed by atoms with Crippen LogP contribution in [0.2, 0.25) is 0 Å². The maximum absolute atomic E-state index is 12.6.